The van der Waals surface area contributed by atoms with Crippen LogP contribution >= 0.6 is 0 Å². The van der Waals surface area contributed by atoms with Gasteiger partial charge in [-0.05, 0) is 12.8 Å². The third-order valence-electron chi connectivity index (χ3n) is 12.6. The molecule has 0 bridgehead atoms. The average molecular weight is 878 g/mol. The van der Waals surface area contributed by atoms with Crippen molar-refractivity contribution in [1.29, 1.82) is 0 Å². The fourth-order valence-electron chi connectivity index (χ4n) is 8.47. The van der Waals surface area contributed by atoms with E-state index in [-0.39, 0.29) is 12.5 Å². The molecule has 1 amide bonds. The van der Waals surface area contributed by atoms with E-state index in [9.17, 15) is 45.6 Å². The quantitative estimate of drug-likeness (QED) is 0.0334. The largest absolute Gasteiger partial charge is 0.394 e. The number of ether oxygens (including phenoxy) is 4. The van der Waals surface area contributed by atoms with E-state index in [2.05, 4.69) is 19.2 Å². The maximum atomic E-state index is 13.1. The average Bonchev–Trinajstić information content (AvgIpc) is 3.26. The smallest absolute Gasteiger partial charge is 0.220 e. The summed E-state index contributed by atoms with van der Waals surface area (Å²) >= 11 is 0. The molecule has 0 radical (unpaired) electrons. The van der Waals surface area contributed by atoms with Crippen LogP contribution in [-0.4, -0.2) is 140 Å². The van der Waals surface area contributed by atoms with Crippen LogP contribution in [0, 0.1) is 0 Å². The minimum absolute atomic E-state index is 0.206. The molecule has 4 unspecified atom stereocenters. The summed E-state index contributed by atoms with van der Waals surface area (Å²) in [6.45, 7) is 2.83. The molecule has 2 heterocycles. The van der Waals surface area contributed by atoms with Crippen LogP contribution in [0.3, 0.4) is 0 Å². The van der Waals surface area contributed by atoms with Crippen molar-refractivity contribution in [2.75, 3.05) is 19.8 Å². The van der Waals surface area contributed by atoms with Crippen LogP contribution in [0.2, 0.25) is 0 Å². The van der Waals surface area contributed by atoms with Crippen LogP contribution < -0.4 is 5.32 Å². The number of carbonyl (C=O) groups is 1. The first-order chi connectivity index (χ1) is 29.6. The lowest BCUT2D eigenvalue weighted by Crippen LogP contribution is -2.65. The third-order valence-corrected chi connectivity index (χ3v) is 12.6. The van der Waals surface area contributed by atoms with Gasteiger partial charge in [0.05, 0.1) is 32.0 Å². The van der Waals surface area contributed by atoms with Crippen molar-refractivity contribution in [3.63, 3.8) is 0 Å². The highest BCUT2D eigenvalue weighted by molar-refractivity contribution is 5.76. The third kappa shape index (κ3) is 23.1. The van der Waals surface area contributed by atoms with Crippen LogP contribution in [-0.2, 0) is 23.7 Å². The summed E-state index contributed by atoms with van der Waals surface area (Å²) in [7, 11) is 0. The predicted molar refractivity (Wildman–Crippen MR) is 236 cm³/mol. The van der Waals surface area contributed by atoms with E-state index < -0.39 is 86.8 Å². The summed E-state index contributed by atoms with van der Waals surface area (Å²) < 4.78 is 22.7. The Morgan fingerprint density at radius 3 is 1.39 bits per heavy atom. The van der Waals surface area contributed by atoms with Crippen LogP contribution in [0.4, 0.5) is 0 Å². The Labute approximate surface area is 368 Å². The lowest BCUT2D eigenvalue weighted by atomic mass is 9.97. The number of carbonyl (C=O) groups excluding carboxylic acids is 1. The molecule has 14 nitrogen and oxygen atoms in total. The molecule has 0 spiro atoms. The van der Waals surface area contributed by atoms with E-state index >= 15 is 0 Å². The summed E-state index contributed by atoms with van der Waals surface area (Å²) in [5.41, 5.74) is 0. The van der Waals surface area contributed by atoms with Crippen molar-refractivity contribution in [1.82, 2.24) is 5.32 Å². The molecule has 14 heteroatoms. The second-order valence-corrected chi connectivity index (χ2v) is 18.0. The lowest BCUT2D eigenvalue weighted by molar-refractivity contribution is -0.359. The Hall–Kier alpha value is -1.01. The molecular formula is C47H91NO13. The van der Waals surface area contributed by atoms with Gasteiger partial charge in [0.25, 0.3) is 0 Å². The Morgan fingerprint density at radius 1 is 0.525 bits per heavy atom. The fourth-order valence-corrected chi connectivity index (χ4v) is 8.47. The molecule has 0 saturated carbocycles. The fraction of sp³-hybridized carbons (Fsp3) is 0.979. The number of aliphatic hydroxyl groups excluding tert-OH is 8. The Balaban J connectivity index is 1.79. The Bertz CT molecular complexity index is 1040. The zero-order valence-electron chi connectivity index (χ0n) is 38.2. The van der Waals surface area contributed by atoms with Gasteiger partial charge in [-0.3, -0.25) is 4.79 Å². The van der Waals surface area contributed by atoms with E-state index in [1.165, 1.54) is 122 Å². The molecule has 0 aliphatic carbocycles. The summed E-state index contributed by atoms with van der Waals surface area (Å²) in [5.74, 6) is -0.206. The molecule has 2 saturated heterocycles. The maximum Gasteiger partial charge on any atom is 0.220 e. The first kappa shape index (κ1) is 56.1. The molecule has 0 aromatic heterocycles. The summed E-state index contributed by atoms with van der Waals surface area (Å²) in [6, 6.07) is -0.819. The first-order valence-electron chi connectivity index (χ1n) is 24.8. The Morgan fingerprint density at radius 2 is 0.934 bits per heavy atom. The number of nitrogens with one attached hydrogen (secondary N) is 1. The topological polar surface area (TPSA) is 228 Å². The number of unbranched alkanes of at least 4 members (excludes halogenated alkanes) is 25. The highest BCUT2D eigenvalue weighted by atomic mass is 16.7. The second kappa shape index (κ2) is 35.3. The molecule has 2 fully saturated rings. The van der Waals surface area contributed by atoms with Crippen molar-refractivity contribution in [3.05, 3.63) is 0 Å². The van der Waals surface area contributed by atoms with Gasteiger partial charge in [0, 0.05) is 6.42 Å². The van der Waals surface area contributed by atoms with Gasteiger partial charge in [-0.1, -0.05) is 181 Å². The second-order valence-electron chi connectivity index (χ2n) is 18.0. The first-order valence-corrected chi connectivity index (χ1v) is 24.8. The van der Waals surface area contributed by atoms with Gasteiger partial charge >= 0.3 is 0 Å². The van der Waals surface area contributed by atoms with Crippen molar-refractivity contribution < 1.29 is 64.6 Å². The lowest BCUT2D eigenvalue weighted by Gasteiger charge is -2.46. The molecule has 2 rings (SSSR count). The summed E-state index contributed by atoms with van der Waals surface area (Å²) in [6.07, 6.45) is 16.9. The van der Waals surface area contributed by atoms with E-state index in [1.54, 1.807) is 0 Å². The zero-order chi connectivity index (χ0) is 44.7. The van der Waals surface area contributed by atoms with Crippen molar-refractivity contribution in [3.8, 4) is 0 Å². The molecule has 2 aliphatic heterocycles. The normalized spacial score (nSPS) is 27.9. The van der Waals surface area contributed by atoms with E-state index in [0.29, 0.717) is 12.8 Å². The van der Waals surface area contributed by atoms with Crippen molar-refractivity contribution in [2.24, 2.45) is 0 Å². The van der Waals surface area contributed by atoms with E-state index in [0.717, 1.165) is 51.4 Å². The van der Waals surface area contributed by atoms with Gasteiger partial charge in [-0.15, -0.1) is 0 Å². The maximum absolute atomic E-state index is 13.1. The summed E-state index contributed by atoms with van der Waals surface area (Å²) in [5, 5.41) is 86.6. The number of amides is 1. The molecule has 0 aromatic rings. The van der Waals surface area contributed by atoms with Gasteiger partial charge in [0.15, 0.2) is 12.6 Å². The molecule has 61 heavy (non-hydrogen) atoms. The van der Waals surface area contributed by atoms with Gasteiger partial charge < -0.3 is 65.1 Å². The van der Waals surface area contributed by atoms with Crippen LogP contribution in [0.15, 0.2) is 0 Å². The highest BCUT2D eigenvalue weighted by Gasteiger charge is 2.51. The SMILES string of the molecule is CCCCCCCCCCCCCCCCCCCCC(=O)N[C@@H](CO[C@@H]1O[C@H](CO)[C@@H](O[C@@H]2O[C@H](CO)[C@H](O)C(O)C2O)C(O)C1O)[C@H](O)CCCCCCCCCCC. The number of hydrogen-bond donors (Lipinski definition) is 9. The van der Waals surface area contributed by atoms with Crippen molar-refractivity contribution in [2.45, 2.75) is 274 Å². The van der Waals surface area contributed by atoms with Gasteiger partial charge in [-0.25, -0.2) is 0 Å². The highest BCUT2D eigenvalue weighted by Crippen LogP contribution is 2.30. The molecule has 12 atom stereocenters. The number of aliphatic hydroxyl groups is 8. The molecule has 362 valence electrons. The Kier molecular flexibility index (Phi) is 32.5. The molecule has 0 aromatic carbocycles. The predicted octanol–water partition coefficient (Wildman–Crippen LogP) is 5.83. The standard InChI is InChI=1S/C47H91NO13/c1-3-5-7-9-11-13-14-15-16-17-18-19-20-21-23-25-27-29-31-39(52)48-35(36(51)30-28-26-24-22-12-10-8-6-4-2)34-58-46-44(57)42(55)45(38(33-50)60-46)61-47-43(56)41(54)40(53)37(32-49)59-47/h35-38,40-47,49-51,53-57H,3-34H2,1-2H3,(H,48,52)/t35-,36+,37+,38+,40-,41?,42?,43?,44?,45+,46+,47-/m0/s1. The van der Waals surface area contributed by atoms with E-state index in [1.807, 2.05) is 0 Å². The van der Waals surface area contributed by atoms with Gasteiger partial charge in [0.2, 0.25) is 5.91 Å². The van der Waals surface area contributed by atoms with Crippen LogP contribution in [0.1, 0.15) is 200 Å². The molecule has 2 aliphatic rings. The monoisotopic (exact) mass is 878 g/mol. The number of rotatable bonds is 38. The minimum Gasteiger partial charge on any atom is -0.394 e. The van der Waals surface area contributed by atoms with Crippen LogP contribution in [0.5, 0.6) is 0 Å². The summed E-state index contributed by atoms with van der Waals surface area (Å²) in [4.78, 5) is 13.1. The van der Waals surface area contributed by atoms with Crippen molar-refractivity contribution >= 4 is 5.91 Å². The zero-order valence-corrected chi connectivity index (χ0v) is 38.2. The van der Waals surface area contributed by atoms with Gasteiger partial charge in [-0.2, -0.15) is 0 Å². The van der Waals surface area contributed by atoms with E-state index in [4.69, 9.17) is 18.9 Å². The minimum atomic E-state index is -1.78. The molecular weight excluding hydrogens is 787 g/mol. The van der Waals surface area contributed by atoms with Gasteiger partial charge in [0.1, 0.15) is 48.8 Å². The van der Waals surface area contributed by atoms with Crippen LogP contribution in [0.25, 0.3) is 0 Å². The molecule has 9 N–H and O–H groups in total. The number of hydrogen-bond acceptors (Lipinski definition) is 13.